The van der Waals surface area contributed by atoms with Crippen molar-refractivity contribution in [3.8, 4) is 11.5 Å². The van der Waals surface area contributed by atoms with Crippen LogP contribution in [0.4, 0.5) is 0 Å². The average molecular weight is 414 g/mol. The predicted molar refractivity (Wildman–Crippen MR) is 125 cm³/mol. The number of aromatic nitrogens is 2. The van der Waals surface area contributed by atoms with Crippen LogP contribution in [-0.2, 0) is 6.54 Å². The Kier molecular flexibility index (Phi) is 4.43. The van der Waals surface area contributed by atoms with Crippen molar-refractivity contribution >= 4 is 43.6 Å². The van der Waals surface area contributed by atoms with E-state index in [4.69, 9.17) is 9.47 Å². The molecule has 3 aromatic carbocycles. The molecule has 31 heavy (non-hydrogen) atoms. The second-order valence-corrected chi connectivity index (χ2v) is 7.47. The van der Waals surface area contributed by atoms with Gasteiger partial charge >= 0.3 is 0 Å². The lowest BCUT2D eigenvalue weighted by atomic mass is 10.0. The topological polar surface area (TPSA) is 73.3 Å². The third-order valence-electron chi connectivity index (χ3n) is 5.79. The molecule has 6 heteroatoms. The fraction of sp³-hybridized carbons (Fsp3) is 0.200. The first-order valence-corrected chi connectivity index (χ1v) is 10.3. The molecular weight excluding hydrogens is 392 g/mol. The van der Waals surface area contributed by atoms with Crippen molar-refractivity contribution < 1.29 is 9.47 Å². The van der Waals surface area contributed by atoms with Crippen LogP contribution >= 0.6 is 0 Å². The molecule has 2 heterocycles. The Labute approximate surface area is 177 Å². The molecule has 0 saturated carbocycles. The maximum Gasteiger partial charge on any atom is 0.197 e. The fourth-order valence-electron chi connectivity index (χ4n) is 4.33. The lowest BCUT2D eigenvalue weighted by Crippen LogP contribution is -2.13. The minimum Gasteiger partial charge on any atom is -0.497 e. The Morgan fingerprint density at radius 1 is 0.774 bits per heavy atom. The number of H-pyrrole nitrogens is 1. The number of hydrogen-bond acceptors (Lipinski definition) is 4. The van der Waals surface area contributed by atoms with Gasteiger partial charge in [0.05, 0.1) is 35.8 Å². The van der Waals surface area contributed by atoms with Gasteiger partial charge < -0.3 is 19.0 Å². The highest BCUT2D eigenvalue weighted by Crippen LogP contribution is 2.27. The number of pyridine rings is 2. The first-order valence-electron chi connectivity index (χ1n) is 10.3. The second-order valence-electron chi connectivity index (χ2n) is 7.47. The van der Waals surface area contributed by atoms with E-state index in [2.05, 4.69) is 9.55 Å². The molecule has 0 aliphatic rings. The van der Waals surface area contributed by atoms with E-state index in [0.717, 1.165) is 11.0 Å². The van der Waals surface area contributed by atoms with Gasteiger partial charge in [0.2, 0.25) is 0 Å². The Morgan fingerprint density at radius 2 is 1.45 bits per heavy atom. The molecule has 0 bridgehead atoms. The Balaban J connectivity index is 1.93. The molecule has 1 N–H and O–H groups in total. The van der Waals surface area contributed by atoms with Crippen LogP contribution in [-0.4, -0.2) is 23.3 Å². The van der Waals surface area contributed by atoms with E-state index in [1.54, 1.807) is 37.4 Å². The number of nitrogens with one attached hydrogen (secondary N) is 1. The van der Waals surface area contributed by atoms with Crippen molar-refractivity contribution in [2.75, 3.05) is 13.7 Å². The van der Waals surface area contributed by atoms with Gasteiger partial charge in [-0.15, -0.1) is 0 Å². The molecule has 0 radical (unpaired) electrons. The number of ether oxygens (including phenoxy) is 2. The summed E-state index contributed by atoms with van der Waals surface area (Å²) in [6, 6.07) is 14.5. The van der Waals surface area contributed by atoms with E-state index >= 15 is 0 Å². The van der Waals surface area contributed by atoms with Crippen molar-refractivity contribution in [2.45, 2.75) is 20.4 Å². The van der Waals surface area contributed by atoms with Crippen LogP contribution in [0.15, 0.2) is 58.1 Å². The zero-order valence-electron chi connectivity index (χ0n) is 17.6. The summed E-state index contributed by atoms with van der Waals surface area (Å²) in [5, 5.41) is 2.33. The number of rotatable bonds is 4. The number of benzene rings is 3. The maximum atomic E-state index is 13.3. The van der Waals surface area contributed by atoms with Crippen LogP contribution in [0.3, 0.4) is 0 Å². The zero-order chi connectivity index (χ0) is 21.7. The molecule has 0 aliphatic carbocycles. The number of hydrogen-bond donors (Lipinski definition) is 1. The standard InChI is InChI=1S/C25H22N2O4/c1-4-27-22-11-14(30-3)6-9-17(22)25(29)19-12-21-18(13-23(19)27)24(28)16-8-7-15(31-5-2)10-20(16)26-21/h6-13H,4-5H2,1-3H3,(H,26,28). The van der Waals surface area contributed by atoms with Gasteiger partial charge in [0.25, 0.3) is 0 Å². The molecule has 0 saturated heterocycles. The largest absolute Gasteiger partial charge is 0.497 e. The summed E-state index contributed by atoms with van der Waals surface area (Å²) in [4.78, 5) is 29.9. The molecule has 2 aromatic heterocycles. The predicted octanol–water partition coefficient (Wildman–Crippen LogP) is 4.58. The highest BCUT2D eigenvalue weighted by atomic mass is 16.5. The maximum absolute atomic E-state index is 13.3. The van der Waals surface area contributed by atoms with Crippen molar-refractivity contribution in [3.63, 3.8) is 0 Å². The van der Waals surface area contributed by atoms with E-state index in [1.165, 1.54) is 0 Å². The highest BCUT2D eigenvalue weighted by Gasteiger charge is 2.15. The number of methoxy groups -OCH3 is 1. The van der Waals surface area contributed by atoms with E-state index in [0.29, 0.717) is 57.2 Å². The van der Waals surface area contributed by atoms with Gasteiger partial charge in [-0.3, -0.25) is 9.59 Å². The molecule has 0 aliphatic heterocycles. The van der Waals surface area contributed by atoms with Gasteiger partial charge in [-0.1, -0.05) is 0 Å². The van der Waals surface area contributed by atoms with E-state index in [9.17, 15) is 9.59 Å². The third-order valence-corrected chi connectivity index (χ3v) is 5.79. The van der Waals surface area contributed by atoms with E-state index in [1.807, 2.05) is 32.0 Å². The Morgan fingerprint density at radius 3 is 2.19 bits per heavy atom. The molecule has 0 amide bonds. The van der Waals surface area contributed by atoms with Crippen molar-refractivity contribution in [2.24, 2.45) is 0 Å². The summed E-state index contributed by atoms with van der Waals surface area (Å²) < 4.78 is 13.0. The van der Waals surface area contributed by atoms with Gasteiger partial charge in [0.1, 0.15) is 11.5 Å². The van der Waals surface area contributed by atoms with Crippen LogP contribution in [0.1, 0.15) is 13.8 Å². The van der Waals surface area contributed by atoms with E-state index in [-0.39, 0.29) is 10.9 Å². The number of aromatic amines is 1. The fourth-order valence-corrected chi connectivity index (χ4v) is 4.33. The van der Waals surface area contributed by atoms with Crippen molar-refractivity contribution in [3.05, 3.63) is 69.0 Å². The first kappa shape index (κ1) is 19.2. The number of fused-ring (bicyclic) bond motifs is 4. The van der Waals surface area contributed by atoms with Crippen molar-refractivity contribution in [1.29, 1.82) is 0 Å². The molecule has 6 nitrogen and oxygen atoms in total. The number of nitrogens with zero attached hydrogens (tertiary/aromatic N) is 1. The highest BCUT2D eigenvalue weighted by molar-refractivity contribution is 6.03. The summed E-state index contributed by atoms with van der Waals surface area (Å²) >= 11 is 0. The molecular formula is C25H22N2O4. The normalized spacial score (nSPS) is 11.6. The van der Waals surface area contributed by atoms with Crippen LogP contribution in [0.2, 0.25) is 0 Å². The minimum absolute atomic E-state index is 0.0664. The summed E-state index contributed by atoms with van der Waals surface area (Å²) in [5.41, 5.74) is 2.70. The van der Waals surface area contributed by atoms with Crippen LogP contribution < -0.4 is 20.3 Å². The SMILES string of the molecule is CCOc1ccc2c(=O)c3cc4c(cc3[nH]c2c1)c(=O)c1ccc(OC)cc1n4CC. The second kappa shape index (κ2) is 7.16. The molecule has 0 fully saturated rings. The molecule has 156 valence electrons. The molecule has 5 aromatic rings. The van der Waals surface area contributed by atoms with Gasteiger partial charge in [-0.05, 0) is 50.2 Å². The Bertz CT molecular complexity index is 1610. The smallest absolute Gasteiger partial charge is 0.197 e. The van der Waals surface area contributed by atoms with Gasteiger partial charge in [0.15, 0.2) is 10.9 Å². The molecule has 5 rings (SSSR count). The van der Waals surface area contributed by atoms with E-state index < -0.39 is 0 Å². The number of aryl methyl sites for hydroxylation is 1. The lowest BCUT2D eigenvalue weighted by molar-refractivity contribution is 0.340. The third kappa shape index (κ3) is 2.86. The van der Waals surface area contributed by atoms with Gasteiger partial charge in [-0.25, -0.2) is 0 Å². The Hall–Kier alpha value is -3.80. The monoisotopic (exact) mass is 414 g/mol. The molecule has 0 spiro atoms. The van der Waals surface area contributed by atoms with Crippen LogP contribution in [0.25, 0.3) is 43.6 Å². The lowest BCUT2D eigenvalue weighted by Gasteiger charge is -2.15. The minimum atomic E-state index is -0.0745. The summed E-state index contributed by atoms with van der Waals surface area (Å²) in [5.74, 6) is 1.38. The van der Waals surface area contributed by atoms with Crippen LogP contribution in [0, 0.1) is 0 Å². The van der Waals surface area contributed by atoms with Gasteiger partial charge in [-0.2, -0.15) is 0 Å². The first-order chi connectivity index (χ1) is 15.0. The molecule has 0 unspecified atom stereocenters. The zero-order valence-corrected chi connectivity index (χ0v) is 17.6. The molecule has 0 atom stereocenters. The summed E-state index contributed by atoms with van der Waals surface area (Å²) in [7, 11) is 1.60. The summed E-state index contributed by atoms with van der Waals surface area (Å²) in [6.07, 6.45) is 0. The van der Waals surface area contributed by atoms with Crippen molar-refractivity contribution in [1.82, 2.24) is 9.55 Å². The average Bonchev–Trinajstić information content (AvgIpc) is 2.79. The summed E-state index contributed by atoms with van der Waals surface area (Å²) in [6.45, 7) is 5.13. The van der Waals surface area contributed by atoms with Crippen LogP contribution in [0.5, 0.6) is 11.5 Å². The van der Waals surface area contributed by atoms with Gasteiger partial charge in [0, 0.05) is 40.2 Å². The quantitative estimate of drug-likeness (QED) is 0.437.